The molecule has 0 saturated heterocycles. The Hall–Kier alpha value is -1.50. The average molecular weight is 356 g/mol. The van der Waals surface area contributed by atoms with E-state index >= 15 is 0 Å². The fourth-order valence-corrected chi connectivity index (χ4v) is 3.32. The van der Waals surface area contributed by atoms with E-state index in [1.54, 1.807) is 17.5 Å². The molecule has 1 heterocycles. The second kappa shape index (κ2) is 7.38. The van der Waals surface area contributed by atoms with Crippen LogP contribution in [-0.2, 0) is 11.8 Å². The maximum atomic E-state index is 13.4. The minimum absolute atomic E-state index is 0. The highest BCUT2D eigenvalue weighted by molar-refractivity contribution is 7.09. The van der Waals surface area contributed by atoms with Crippen LogP contribution >= 0.6 is 23.7 Å². The van der Waals surface area contributed by atoms with Gasteiger partial charge in [-0.15, -0.1) is 23.7 Å². The van der Waals surface area contributed by atoms with E-state index in [0.717, 1.165) is 23.4 Å². The van der Waals surface area contributed by atoms with Crippen LogP contribution in [-0.4, -0.2) is 24.0 Å². The van der Waals surface area contributed by atoms with Crippen LogP contribution in [0.5, 0.6) is 0 Å². The van der Waals surface area contributed by atoms with Crippen molar-refractivity contribution in [2.24, 2.45) is 5.73 Å². The molecule has 3 N–H and O–H groups in total. The van der Waals surface area contributed by atoms with Crippen molar-refractivity contribution in [2.75, 3.05) is 13.1 Å². The zero-order valence-corrected chi connectivity index (χ0v) is 14.2. The van der Waals surface area contributed by atoms with Crippen molar-refractivity contribution in [3.8, 4) is 0 Å². The van der Waals surface area contributed by atoms with Crippen LogP contribution in [0.2, 0.25) is 0 Å². The molecule has 4 nitrogen and oxygen atoms in total. The normalized spacial score (nSPS) is 14.9. The fraction of sp³-hybridized carbons (Fsp3) is 0.375. The molecule has 124 valence electrons. The quantitative estimate of drug-likeness (QED) is 0.837. The van der Waals surface area contributed by atoms with Gasteiger partial charge in [0, 0.05) is 23.8 Å². The van der Waals surface area contributed by atoms with E-state index in [9.17, 15) is 9.18 Å². The van der Waals surface area contributed by atoms with Gasteiger partial charge in [-0.2, -0.15) is 0 Å². The van der Waals surface area contributed by atoms with Gasteiger partial charge in [0.2, 0.25) is 0 Å². The number of benzene rings is 1. The van der Waals surface area contributed by atoms with Gasteiger partial charge in [0.1, 0.15) is 11.5 Å². The third-order valence-corrected chi connectivity index (χ3v) is 4.93. The average Bonchev–Trinajstić information content (AvgIpc) is 3.17. The van der Waals surface area contributed by atoms with E-state index in [-0.39, 0.29) is 29.5 Å². The summed E-state index contributed by atoms with van der Waals surface area (Å²) >= 11 is 1.45. The zero-order valence-electron chi connectivity index (χ0n) is 12.5. The number of rotatable bonds is 6. The van der Waals surface area contributed by atoms with Crippen molar-refractivity contribution in [1.29, 1.82) is 0 Å². The molecule has 0 unspecified atom stereocenters. The third kappa shape index (κ3) is 4.07. The number of hydrogen-bond acceptors (Lipinski definition) is 4. The van der Waals surface area contributed by atoms with E-state index in [0.29, 0.717) is 25.2 Å². The van der Waals surface area contributed by atoms with E-state index in [1.807, 2.05) is 6.07 Å². The molecule has 1 amide bonds. The lowest BCUT2D eigenvalue weighted by Gasteiger charge is -2.16. The number of amides is 1. The molecule has 0 bridgehead atoms. The number of hydrogen-bond donors (Lipinski definition) is 2. The molecule has 0 radical (unpaired) electrons. The summed E-state index contributed by atoms with van der Waals surface area (Å²) in [6, 6.07) is 6.63. The van der Waals surface area contributed by atoms with Crippen LogP contribution in [0, 0.1) is 5.82 Å². The van der Waals surface area contributed by atoms with Gasteiger partial charge in [-0.25, -0.2) is 9.37 Å². The van der Waals surface area contributed by atoms with Gasteiger partial charge in [0.25, 0.3) is 5.91 Å². The molecule has 0 atom stereocenters. The van der Waals surface area contributed by atoms with Gasteiger partial charge >= 0.3 is 0 Å². The summed E-state index contributed by atoms with van der Waals surface area (Å²) in [6.45, 7) is 1.04. The molecule has 1 fully saturated rings. The predicted octanol–water partition coefficient (Wildman–Crippen LogP) is 2.67. The maximum absolute atomic E-state index is 13.4. The first-order valence-electron chi connectivity index (χ1n) is 7.32. The first-order valence-corrected chi connectivity index (χ1v) is 8.20. The summed E-state index contributed by atoms with van der Waals surface area (Å²) in [5.41, 5.74) is 6.75. The van der Waals surface area contributed by atoms with Crippen LogP contribution in [0.4, 0.5) is 4.39 Å². The minimum Gasteiger partial charge on any atom is -0.350 e. The Balaban J connectivity index is 0.00000192. The summed E-state index contributed by atoms with van der Waals surface area (Å²) in [6.07, 6.45) is 2.61. The molecule has 1 aromatic carbocycles. The van der Waals surface area contributed by atoms with Crippen molar-refractivity contribution >= 4 is 29.7 Å². The van der Waals surface area contributed by atoms with Crippen molar-refractivity contribution in [1.82, 2.24) is 10.3 Å². The monoisotopic (exact) mass is 355 g/mol. The summed E-state index contributed by atoms with van der Waals surface area (Å²) in [4.78, 5) is 16.4. The molecule has 1 aromatic heterocycles. The Kier molecular flexibility index (Phi) is 5.73. The number of nitrogens with two attached hydrogens (primary N) is 1. The summed E-state index contributed by atoms with van der Waals surface area (Å²) in [5, 5.41) is 5.55. The largest absolute Gasteiger partial charge is 0.350 e. The molecule has 1 aliphatic rings. The molecule has 2 aromatic rings. The third-order valence-electron chi connectivity index (χ3n) is 4.02. The number of nitrogens with zero attached hydrogens (tertiary/aromatic N) is 1. The first-order chi connectivity index (χ1) is 10.6. The molecular weight excluding hydrogens is 337 g/mol. The van der Waals surface area contributed by atoms with Crippen molar-refractivity contribution in [2.45, 2.75) is 24.7 Å². The highest BCUT2D eigenvalue weighted by Gasteiger charge is 2.44. The second-order valence-electron chi connectivity index (χ2n) is 5.64. The number of thiazole rings is 1. The smallest absolute Gasteiger partial charge is 0.270 e. The van der Waals surface area contributed by atoms with Gasteiger partial charge in [0.05, 0.1) is 5.01 Å². The van der Waals surface area contributed by atoms with E-state index in [1.165, 1.54) is 17.4 Å². The number of carbonyl (C=O) groups excluding carboxylic acids is 1. The number of halogens is 2. The van der Waals surface area contributed by atoms with Crippen LogP contribution in [0.3, 0.4) is 0 Å². The molecule has 23 heavy (non-hydrogen) atoms. The number of nitrogens with one attached hydrogen (secondary N) is 1. The first kappa shape index (κ1) is 17.8. The number of aromatic nitrogens is 1. The topological polar surface area (TPSA) is 68.0 Å². The van der Waals surface area contributed by atoms with Crippen LogP contribution in [0.25, 0.3) is 0 Å². The summed E-state index contributed by atoms with van der Waals surface area (Å²) in [7, 11) is 0. The van der Waals surface area contributed by atoms with Crippen LogP contribution in [0.15, 0.2) is 29.6 Å². The Morgan fingerprint density at radius 1 is 1.43 bits per heavy atom. The second-order valence-corrected chi connectivity index (χ2v) is 6.58. The molecule has 7 heteroatoms. The molecule has 0 spiro atoms. The SMILES string of the molecule is Cl.NCCc1nc(C(=O)NCC2(c3cccc(F)c3)CC2)cs1. The highest BCUT2D eigenvalue weighted by Crippen LogP contribution is 2.47. The Morgan fingerprint density at radius 2 is 2.22 bits per heavy atom. The molecule has 1 aliphatic carbocycles. The van der Waals surface area contributed by atoms with Gasteiger partial charge in [-0.05, 0) is 37.1 Å². The lowest BCUT2D eigenvalue weighted by atomic mass is 9.96. The molecular formula is C16H19ClFN3OS. The summed E-state index contributed by atoms with van der Waals surface area (Å²) < 4.78 is 13.4. The summed E-state index contributed by atoms with van der Waals surface area (Å²) in [5.74, 6) is -0.414. The van der Waals surface area contributed by atoms with E-state index in [2.05, 4.69) is 10.3 Å². The molecule has 3 rings (SSSR count). The fourth-order valence-electron chi connectivity index (χ4n) is 2.53. The lowest BCUT2D eigenvalue weighted by molar-refractivity contribution is 0.0945. The van der Waals surface area contributed by atoms with Crippen molar-refractivity contribution in [3.05, 3.63) is 51.7 Å². The lowest BCUT2D eigenvalue weighted by Crippen LogP contribution is -2.32. The van der Waals surface area contributed by atoms with Gasteiger partial charge in [-0.1, -0.05) is 12.1 Å². The standard InChI is InChI=1S/C16H18FN3OS.ClH/c17-12-3-1-2-11(8-12)16(5-6-16)10-19-15(21)13-9-22-14(20-13)4-7-18;/h1-3,8-9H,4-7,10,18H2,(H,19,21);1H. The Bertz CT molecular complexity index is 687. The highest BCUT2D eigenvalue weighted by atomic mass is 35.5. The van der Waals surface area contributed by atoms with Gasteiger partial charge < -0.3 is 11.1 Å². The zero-order chi connectivity index (χ0) is 15.6. The minimum atomic E-state index is -0.235. The predicted molar refractivity (Wildman–Crippen MR) is 91.8 cm³/mol. The van der Waals surface area contributed by atoms with Crippen LogP contribution in [0.1, 0.15) is 33.9 Å². The molecule has 1 saturated carbocycles. The van der Waals surface area contributed by atoms with Gasteiger partial charge in [-0.3, -0.25) is 4.79 Å². The van der Waals surface area contributed by atoms with Crippen LogP contribution < -0.4 is 11.1 Å². The van der Waals surface area contributed by atoms with E-state index in [4.69, 9.17) is 5.73 Å². The van der Waals surface area contributed by atoms with Crippen molar-refractivity contribution in [3.63, 3.8) is 0 Å². The Morgan fingerprint density at radius 3 is 2.87 bits per heavy atom. The Labute approximate surface area is 144 Å². The molecule has 0 aliphatic heterocycles. The van der Waals surface area contributed by atoms with E-state index < -0.39 is 0 Å². The number of carbonyl (C=O) groups is 1. The van der Waals surface area contributed by atoms with Crippen molar-refractivity contribution < 1.29 is 9.18 Å². The maximum Gasteiger partial charge on any atom is 0.270 e. The van der Waals surface area contributed by atoms with Gasteiger partial charge in [0.15, 0.2) is 0 Å².